The number of aryl methyl sites for hydroxylation is 1. The zero-order valence-corrected chi connectivity index (χ0v) is 17.9. The van der Waals surface area contributed by atoms with Crippen molar-refractivity contribution in [2.45, 2.75) is 6.92 Å². The summed E-state index contributed by atoms with van der Waals surface area (Å²) in [6.45, 7) is 1.91. The van der Waals surface area contributed by atoms with E-state index >= 15 is 0 Å². The van der Waals surface area contributed by atoms with Crippen molar-refractivity contribution in [3.05, 3.63) is 125 Å². The number of rotatable bonds is 4. The van der Waals surface area contributed by atoms with Crippen molar-refractivity contribution in [1.29, 1.82) is 0 Å². The Balaban J connectivity index is 1.33. The normalized spacial score (nSPS) is 13.5. The minimum atomic E-state index is -0.461. The van der Waals surface area contributed by atoms with E-state index in [2.05, 4.69) is 12.1 Å². The molecule has 1 aliphatic rings. The highest BCUT2D eigenvalue weighted by Crippen LogP contribution is 2.35. The van der Waals surface area contributed by atoms with Crippen LogP contribution in [0.1, 0.15) is 31.8 Å². The van der Waals surface area contributed by atoms with Crippen molar-refractivity contribution in [2.75, 3.05) is 0 Å². The molecule has 0 radical (unpaired) electrons. The van der Waals surface area contributed by atoms with Crippen molar-refractivity contribution < 1.29 is 19.1 Å². The second-order valence-electron chi connectivity index (χ2n) is 7.84. The van der Waals surface area contributed by atoms with Gasteiger partial charge in [-0.15, -0.1) is 0 Å². The van der Waals surface area contributed by atoms with E-state index in [1.54, 1.807) is 42.5 Å². The van der Waals surface area contributed by atoms with Crippen molar-refractivity contribution in [1.82, 2.24) is 0 Å². The summed E-state index contributed by atoms with van der Waals surface area (Å²) in [4.78, 5) is 25.2. The molecule has 160 valence electrons. The number of carbonyl (C=O) groups is 2. The summed E-state index contributed by atoms with van der Waals surface area (Å²) in [5.74, 6) is 0.272. The molecule has 0 spiro atoms. The molecule has 0 aromatic heterocycles. The van der Waals surface area contributed by atoms with E-state index in [1.807, 2.05) is 55.5 Å². The van der Waals surface area contributed by atoms with Crippen LogP contribution in [0.5, 0.6) is 11.5 Å². The zero-order chi connectivity index (χ0) is 22.8. The number of carbonyl (C=O) groups excluding carboxylic acids is 2. The summed E-state index contributed by atoms with van der Waals surface area (Å²) in [6.07, 6.45) is 1.72. The van der Waals surface area contributed by atoms with E-state index in [1.165, 1.54) is 0 Å². The SMILES string of the molecule is Cc1cccc(C(=O)Oc2ccc3c(c2)O/C(=C\c2ccc(-c4ccccc4)cc2)C3=O)c1. The molecule has 4 nitrogen and oxygen atoms in total. The van der Waals surface area contributed by atoms with Gasteiger partial charge in [-0.1, -0.05) is 72.3 Å². The molecule has 0 saturated carbocycles. The van der Waals surface area contributed by atoms with E-state index in [0.717, 1.165) is 22.3 Å². The Morgan fingerprint density at radius 2 is 1.58 bits per heavy atom. The van der Waals surface area contributed by atoms with Crippen LogP contribution in [0.15, 0.2) is 103 Å². The first-order chi connectivity index (χ1) is 16.1. The van der Waals surface area contributed by atoms with E-state index in [4.69, 9.17) is 9.47 Å². The minimum absolute atomic E-state index is 0.200. The molecule has 4 aromatic rings. The maximum Gasteiger partial charge on any atom is 0.343 e. The quantitative estimate of drug-likeness (QED) is 0.210. The average Bonchev–Trinajstić information content (AvgIpc) is 3.14. The number of hydrogen-bond donors (Lipinski definition) is 0. The fourth-order valence-corrected chi connectivity index (χ4v) is 3.72. The van der Waals surface area contributed by atoms with Crippen LogP contribution in [0, 0.1) is 6.92 Å². The Morgan fingerprint density at radius 1 is 0.818 bits per heavy atom. The van der Waals surface area contributed by atoms with Gasteiger partial charge in [0, 0.05) is 6.07 Å². The fourth-order valence-electron chi connectivity index (χ4n) is 3.72. The van der Waals surface area contributed by atoms with Gasteiger partial charge in [-0.2, -0.15) is 0 Å². The molecule has 1 aliphatic heterocycles. The van der Waals surface area contributed by atoms with Gasteiger partial charge in [0.1, 0.15) is 11.5 Å². The van der Waals surface area contributed by atoms with Gasteiger partial charge in [0.15, 0.2) is 5.76 Å². The molecular weight excluding hydrogens is 412 g/mol. The van der Waals surface area contributed by atoms with E-state index in [-0.39, 0.29) is 11.5 Å². The third kappa shape index (κ3) is 4.32. The van der Waals surface area contributed by atoms with Crippen LogP contribution in [0.3, 0.4) is 0 Å². The van der Waals surface area contributed by atoms with E-state index < -0.39 is 5.97 Å². The number of esters is 1. The van der Waals surface area contributed by atoms with Crippen molar-refractivity contribution in [2.24, 2.45) is 0 Å². The Morgan fingerprint density at radius 3 is 2.33 bits per heavy atom. The summed E-state index contributed by atoms with van der Waals surface area (Å²) in [5.41, 5.74) is 4.96. The molecule has 5 rings (SSSR count). The lowest BCUT2D eigenvalue weighted by molar-refractivity contribution is 0.0734. The number of ether oxygens (including phenoxy) is 2. The van der Waals surface area contributed by atoms with Gasteiger partial charge in [0.2, 0.25) is 5.78 Å². The van der Waals surface area contributed by atoms with Gasteiger partial charge < -0.3 is 9.47 Å². The molecule has 0 saturated heterocycles. The highest BCUT2D eigenvalue weighted by Gasteiger charge is 2.28. The third-order valence-corrected chi connectivity index (χ3v) is 5.42. The van der Waals surface area contributed by atoms with Crippen LogP contribution in [-0.4, -0.2) is 11.8 Å². The lowest BCUT2D eigenvalue weighted by Crippen LogP contribution is -2.08. The summed E-state index contributed by atoms with van der Waals surface area (Å²) in [5, 5.41) is 0. The lowest BCUT2D eigenvalue weighted by Gasteiger charge is -2.06. The third-order valence-electron chi connectivity index (χ3n) is 5.42. The molecule has 0 bridgehead atoms. The summed E-state index contributed by atoms with van der Waals surface area (Å²) in [7, 11) is 0. The maximum atomic E-state index is 12.8. The molecule has 0 amide bonds. The van der Waals surface area contributed by atoms with Crippen LogP contribution in [0.4, 0.5) is 0 Å². The van der Waals surface area contributed by atoms with Gasteiger partial charge in [-0.3, -0.25) is 4.79 Å². The number of benzene rings is 4. The summed E-state index contributed by atoms with van der Waals surface area (Å²) >= 11 is 0. The van der Waals surface area contributed by atoms with E-state index in [9.17, 15) is 9.59 Å². The minimum Gasteiger partial charge on any atom is -0.452 e. The maximum absolute atomic E-state index is 12.8. The fraction of sp³-hybridized carbons (Fsp3) is 0.0345. The Hall–Kier alpha value is -4.44. The first-order valence-electron chi connectivity index (χ1n) is 10.6. The highest BCUT2D eigenvalue weighted by molar-refractivity contribution is 6.14. The monoisotopic (exact) mass is 432 g/mol. The zero-order valence-electron chi connectivity index (χ0n) is 17.9. The molecule has 0 aliphatic carbocycles. The molecule has 0 unspecified atom stereocenters. The van der Waals surface area contributed by atoms with Crippen LogP contribution >= 0.6 is 0 Å². The molecule has 1 heterocycles. The Bertz CT molecular complexity index is 1380. The predicted molar refractivity (Wildman–Crippen MR) is 127 cm³/mol. The van der Waals surface area contributed by atoms with Crippen LogP contribution in [0.25, 0.3) is 17.2 Å². The molecule has 0 atom stereocenters. The van der Waals surface area contributed by atoms with Crippen LogP contribution in [-0.2, 0) is 0 Å². The van der Waals surface area contributed by atoms with Crippen LogP contribution in [0.2, 0.25) is 0 Å². The van der Waals surface area contributed by atoms with Crippen molar-refractivity contribution in [3.8, 4) is 22.6 Å². The molecule has 4 heteroatoms. The molecule has 0 fully saturated rings. The summed E-state index contributed by atoms with van der Waals surface area (Å²) in [6, 6.07) is 30.0. The van der Waals surface area contributed by atoms with Gasteiger partial charge in [-0.25, -0.2) is 4.79 Å². The first-order valence-corrected chi connectivity index (χ1v) is 10.6. The largest absolute Gasteiger partial charge is 0.452 e. The second-order valence-corrected chi connectivity index (χ2v) is 7.84. The van der Waals surface area contributed by atoms with Gasteiger partial charge in [-0.05, 0) is 54.0 Å². The van der Waals surface area contributed by atoms with Gasteiger partial charge in [0.05, 0.1) is 11.1 Å². The van der Waals surface area contributed by atoms with Gasteiger partial charge in [0.25, 0.3) is 0 Å². The second kappa shape index (κ2) is 8.60. The van der Waals surface area contributed by atoms with Crippen LogP contribution < -0.4 is 9.47 Å². The van der Waals surface area contributed by atoms with Crippen molar-refractivity contribution >= 4 is 17.8 Å². The molecule has 4 aromatic carbocycles. The topological polar surface area (TPSA) is 52.6 Å². The summed E-state index contributed by atoms with van der Waals surface area (Å²) < 4.78 is 11.3. The van der Waals surface area contributed by atoms with E-state index in [0.29, 0.717) is 22.6 Å². The Labute approximate surface area is 191 Å². The number of ketones is 1. The first kappa shape index (κ1) is 20.5. The van der Waals surface area contributed by atoms with Gasteiger partial charge >= 0.3 is 5.97 Å². The average molecular weight is 432 g/mol. The number of hydrogen-bond acceptors (Lipinski definition) is 4. The van der Waals surface area contributed by atoms with Crippen molar-refractivity contribution in [3.63, 3.8) is 0 Å². The molecular formula is C29H20O4. The predicted octanol–water partition coefficient (Wildman–Crippen LogP) is 6.50. The Kier molecular flexibility index (Phi) is 5.33. The smallest absolute Gasteiger partial charge is 0.343 e. The lowest BCUT2D eigenvalue weighted by atomic mass is 10.0. The number of allylic oxidation sites excluding steroid dienone is 1. The molecule has 33 heavy (non-hydrogen) atoms. The standard InChI is InChI=1S/C29H20O4/c1-19-6-5-9-23(16-19)29(31)32-24-14-15-25-26(18-24)33-27(28(25)30)17-20-10-12-22(13-11-20)21-7-3-2-4-8-21/h2-18H,1H3/b27-17-. The highest BCUT2D eigenvalue weighted by atomic mass is 16.5. The number of Topliss-reactive ketones (excluding diaryl/α,β-unsaturated/α-hetero) is 1. The molecule has 0 N–H and O–H groups in total. The number of fused-ring (bicyclic) bond motifs is 1.